The van der Waals surface area contributed by atoms with Crippen LogP contribution >= 0.6 is 0 Å². The van der Waals surface area contributed by atoms with Gasteiger partial charge in [-0.2, -0.15) is 17.5 Å². The van der Waals surface area contributed by atoms with Crippen molar-refractivity contribution in [1.29, 1.82) is 0 Å². The van der Waals surface area contributed by atoms with Gasteiger partial charge in [0.05, 0.1) is 10.5 Å². The van der Waals surface area contributed by atoms with E-state index in [0.29, 0.717) is 13.0 Å². The van der Waals surface area contributed by atoms with E-state index < -0.39 is 21.8 Å². The van der Waals surface area contributed by atoms with Crippen molar-refractivity contribution >= 4 is 15.6 Å². The molecule has 0 atom stereocenters. The highest BCUT2D eigenvalue weighted by atomic mass is 32.2. The quantitative estimate of drug-likeness (QED) is 0.816. The van der Waals surface area contributed by atoms with Crippen molar-refractivity contribution in [3.8, 4) is 0 Å². The molecule has 0 N–H and O–H groups in total. The fourth-order valence-corrected chi connectivity index (χ4v) is 4.13. The first-order chi connectivity index (χ1) is 11.8. The molecule has 3 nitrogen and oxygen atoms in total. The lowest BCUT2D eigenvalue weighted by Gasteiger charge is -2.26. The highest BCUT2D eigenvalue weighted by Gasteiger charge is 2.32. The summed E-state index contributed by atoms with van der Waals surface area (Å²) in [6.45, 7) is 0.498. The van der Waals surface area contributed by atoms with Gasteiger partial charge in [-0.1, -0.05) is 36.4 Å². The summed E-state index contributed by atoms with van der Waals surface area (Å²) in [4.78, 5) is -0.128. The number of benzene rings is 2. The van der Waals surface area contributed by atoms with Crippen molar-refractivity contribution in [2.75, 3.05) is 13.1 Å². The summed E-state index contributed by atoms with van der Waals surface area (Å²) in [5, 5.41) is 0. The van der Waals surface area contributed by atoms with Gasteiger partial charge in [0.15, 0.2) is 0 Å². The van der Waals surface area contributed by atoms with E-state index in [-0.39, 0.29) is 11.4 Å². The zero-order valence-corrected chi connectivity index (χ0v) is 14.0. The summed E-state index contributed by atoms with van der Waals surface area (Å²) in [5.41, 5.74) is 1.25. The minimum absolute atomic E-state index is 0.128. The second-order valence-corrected chi connectivity index (χ2v) is 7.67. The monoisotopic (exact) mass is 367 g/mol. The van der Waals surface area contributed by atoms with E-state index in [1.165, 1.54) is 4.31 Å². The number of alkyl halides is 3. The molecular weight excluding hydrogens is 351 g/mol. The molecule has 25 heavy (non-hydrogen) atoms. The molecule has 0 saturated carbocycles. The first kappa shape index (κ1) is 17.7. The Morgan fingerprint density at radius 3 is 2.08 bits per heavy atom. The van der Waals surface area contributed by atoms with Gasteiger partial charge in [-0.25, -0.2) is 8.42 Å². The molecule has 0 saturated heterocycles. The summed E-state index contributed by atoms with van der Waals surface area (Å²) in [6.07, 6.45) is -2.08. The number of hydrogen-bond donors (Lipinski definition) is 0. The van der Waals surface area contributed by atoms with Gasteiger partial charge in [0.1, 0.15) is 0 Å². The van der Waals surface area contributed by atoms with Crippen LogP contribution in [0.2, 0.25) is 0 Å². The molecule has 3 rings (SSSR count). The summed E-state index contributed by atoms with van der Waals surface area (Å²) < 4.78 is 64.3. The molecule has 1 aliphatic heterocycles. The number of sulfonamides is 1. The smallest absolute Gasteiger partial charge is 0.207 e. The molecule has 0 fully saturated rings. The summed E-state index contributed by atoms with van der Waals surface area (Å²) in [6, 6.07) is 13.3. The van der Waals surface area contributed by atoms with Gasteiger partial charge in [-0.3, -0.25) is 0 Å². The van der Waals surface area contributed by atoms with Crippen LogP contribution in [0.25, 0.3) is 5.57 Å². The number of nitrogens with zero attached hydrogens (tertiary/aromatic N) is 1. The average Bonchev–Trinajstić information content (AvgIpc) is 2.62. The van der Waals surface area contributed by atoms with Gasteiger partial charge in [0.25, 0.3) is 0 Å². The van der Waals surface area contributed by atoms with Crippen LogP contribution in [0.1, 0.15) is 17.5 Å². The van der Waals surface area contributed by atoms with Crippen LogP contribution in [-0.4, -0.2) is 25.8 Å². The maximum Gasteiger partial charge on any atom is 0.416 e. The normalized spacial score (nSPS) is 16.5. The first-order valence-corrected chi connectivity index (χ1v) is 9.14. The molecule has 2 aromatic carbocycles. The second-order valence-electron chi connectivity index (χ2n) is 5.73. The Morgan fingerprint density at radius 2 is 1.56 bits per heavy atom. The predicted molar refractivity (Wildman–Crippen MR) is 89.2 cm³/mol. The molecule has 132 valence electrons. The van der Waals surface area contributed by atoms with E-state index in [1.54, 1.807) is 0 Å². The summed E-state index contributed by atoms with van der Waals surface area (Å²) >= 11 is 0. The van der Waals surface area contributed by atoms with Crippen molar-refractivity contribution < 1.29 is 21.6 Å². The zero-order chi connectivity index (χ0) is 18.1. The van der Waals surface area contributed by atoms with Crippen LogP contribution in [0.4, 0.5) is 13.2 Å². The Morgan fingerprint density at radius 1 is 0.920 bits per heavy atom. The Kier molecular flexibility index (Phi) is 4.71. The van der Waals surface area contributed by atoms with E-state index in [4.69, 9.17) is 0 Å². The molecule has 0 radical (unpaired) electrons. The van der Waals surface area contributed by atoms with Crippen LogP contribution in [-0.2, 0) is 16.2 Å². The fourth-order valence-electron chi connectivity index (χ4n) is 2.75. The summed E-state index contributed by atoms with van der Waals surface area (Å²) in [7, 11) is -3.81. The third-order valence-electron chi connectivity index (χ3n) is 4.14. The third-order valence-corrected chi connectivity index (χ3v) is 6.02. The van der Waals surface area contributed by atoms with E-state index in [9.17, 15) is 21.6 Å². The molecular formula is C18H16F3NO2S. The van der Waals surface area contributed by atoms with Gasteiger partial charge in [-0.05, 0) is 41.8 Å². The lowest BCUT2D eigenvalue weighted by Crippen LogP contribution is -2.34. The molecule has 0 bridgehead atoms. The molecule has 7 heteroatoms. The average molecular weight is 367 g/mol. The fraction of sp³-hybridized carbons (Fsp3) is 0.222. The molecule has 0 spiro atoms. The Balaban J connectivity index is 1.79. The minimum Gasteiger partial charge on any atom is -0.207 e. The van der Waals surface area contributed by atoms with Crippen LogP contribution in [0, 0.1) is 0 Å². The molecule has 2 aromatic rings. The van der Waals surface area contributed by atoms with E-state index in [2.05, 4.69) is 0 Å². The van der Waals surface area contributed by atoms with E-state index in [0.717, 1.165) is 35.4 Å². The molecule has 1 heterocycles. The maximum atomic E-state index is 12.6. The van der Waals surface area contributed by atoms with Crippen molar-refractivity contribution in [3.63, 3.8) is 0 Å². The molecule has 0 aromatic heterocycles. The highest BCUT2D eigenvalue weighted by molar-refractivity contribution is 7.89. The standard InChI is InChI=1S/C18H16F3NO2S/c19-18(20,21)16-6-8-17(9-7-16)25(23,24)22-12-10-15(11-13-22)14-4-2-1-3-5-14/h1-10H,11-13H2. The van der Waals surface area contributed by atoms with Crippen LogP contribution in [0.3, 0.4) is 0 Å². The molecule has 0 aliphatic carbocycles. The minimum atomic E-state index is -4.49. The molecule has 0 amide bonds. The lowest BCUT2D eigenvalue weighted by molar-refractivity contribution is -0.137. The third kappa shape index (κ3) is 3.77. The largest absolute Gasteiger partial charge is 0.416 e. The Hall–Kier alpha value is -2.12. The van der Waals surface area contributed by atoms with Gasteiger partial charge in [0.2, 0.25) is 10.0 Å². The van der Waals surface area contributed by atoms with Crippen LogP contribution < -0.4 is 0 Å². The lowest BCUT2D eigenvalue weighted by atomic mass is 10.0. The Bertz CT molecular complexity index is 873. The predicted octanol–water partition coefficient (Wildman–Crippen LogP) is 4.18. The topological polar surface area (TPSA) is 37.4 Å². The summed E-state index contributed by atoms with van der Waals surface area (Å²) in [5.74, 6) is 0. The second kappa shape index (κ2) is 6.65. The van der Waals surface area contributed by atoms with E-state index >= 15 is 0 Å². The van der Waals surface area contributed by atoms with E-state index in [1.807, 2.05) is 36.4 Å². The van der Waals surface area contributed by atoms with Gasteiger partial charge in [-0.15, -0.1) is 0 Å². The zero-order valence-electron chi connectivity index (χ0n) is 13.2. The molecule has 0 unspecified atom stereocenters. The van der Waals surface area contributed by atoms with Gasteiger partial charge < -0.3 is 0 Å². The van der Waals surface area contributed by atoms with Crippen molar-refractivity contribution in [2.45, 2.75) is 17.5 Å². The van der Waals surface area contributed by atoms with Gasteiger partial charge in [0, 0.05) is 13.1 Å². The molecule has 1 aliphatic rings. The first-order valence-electron chi connectivity index (χ1n) is 7.70. The van der Waals surface area contributed by atoms with Crippen molar-refractivity contribution in [1.82, 2.24) is 4.31 Å². The van der Waals surface area contributed by atoms with Crippen LogP contribution in [0.5, 0.6) is 0 Å². The Labute approximate surface area is 144 Å². The van der Waals surface area contributed by atoms with Crippen molar-refractivity contribution in [2.24, 2.45) is 0 Å². The van der Waals surface area contributed by atoms with Gasteiger partial charge >= 0.3 is 6.18 Å². The van der Waals surface area contributed by atoms with Crippen LogP contribution in [0.15, 0.2) is 65.6 Å². The number of hydrogen-bond acceptors (Lipinski definition) is 2. The SMILES string of the molecule is O=S(=O)(c1ccc(C(F)(F)F)cc1)N1CC=C(c2ccccc2)CC1. The van der Waals surface area contributed by atoms with Crippen molar-refractivity contribution in [3.05, 3.63) is 71.8 Å². The number of rotatable bonds is 3. The highest BCUT2D eigenvalue weighted by Crippen LogP contribution is 2.31. The maximum absolute atomic E-state index is 12.6. The number of halogens is 3.